The van der Waals surface area contributed by atoms with E-state index in [4.69, 9.17) is 14.6 Å². The van der Waals surface area contributed by atoms with Crippen LogP contribution >= 0.6 is 0 Å². The molecule has 9 heteroatoms. The number of carbonyl (C=O) groups is 3. The fourth-order valence-electron chi connectivity index (χ4n) is 3.83. The van der Waals surface area contributed by atoms with Crippen LogP contribution in [0.25, 0.3) is 0 Å². The SMILES string of the molecule is COc1ccc(CC(=O)NC(C(=O)NC(Cc2ccccc2)C(O)CCC(=O)O)C(C)C)cc1OC. The summed E-state index contributed by atoms with van der Waals surface area (Å²) in [5.74, 6) is -0.996. The molecule has 0 radical (unpaired) electrons. The van der Waals surface area contributed by atoms with Gasteiger partial charge in [0.1, 0.15) is 6.04 Å². The lowest BCUT2D eigenvalue weighted by Gasteiger charge is -2.28. The maximum Gasteiger partial charge on any atom is 0.303 e. The average Bonchev–Trinajstić information content (AvgIpc) is 2.85. The molecule has 0 aliphatic carbocycles. The van der Waals surface area contributed by atoms with Crippen molar-refractivity contribution in [3.8, 4) is 11.5 Å². The predicted octanol–water partition coefficient (Wildman–Crippen LogP) is 2.34. The van der Waals surface area contributed by atoms with Crippen molar-refractivity contribution in [3.05, 3.63) is 59.7 Å². The summed E-state index contributed by atoms with van der Waals surface area (Å²) in [5, 5.41) is 25.3. The van der Waals surface area contributed by atoms with Gasteiger partial charge in [0.2, 0.25) is 11.8 Å². The van der Waals surface area contributed by atoms with Crippen molar-refractivity contribution >= 4 is 17.8 Å². The molecule has 0 saturated heterocycles. The van der Waals surface area contributed by atoms with Crippen LogP contribution in [-0.2, 0) is 27.2 Å². The first-order valence-electron chi connectivity index (χ1n) is 11.9. The lowest BCUT2D eigenvalue weighted by Crippen LogP contribution is -2.55. The topological polar surface area (TPSA) is 134 Å². The largest absolute Gasteiger partial charge is 0.493 e. The summed E-state index contributed by atoms with van der Waals surface area (Å²) in [6.45, 7) is 3.63. The van der Waals surface area contributed by atoms with Gasteiger partial charge in [-0.1, -0.05) is 50.2 Å². The zero-order chi connectivity index (χ0) is 26.7. The van der Waals surface area contributed by atoms with Gasteiger partial charge in [-0.15, -0.1) is 0 Å². The Kier molecular flexibility index (Phi) is 11.2. The molecule has 0 aromatic heterocycles. The summed E-state index contributed by atoms with van der Waals surface area (Å²) in [4.78, 5) is 37.0. The van der Waals surface area contributed by atoms with E-state index >= 15 is 0 Å². The van der Waals surface area contributed by atoms with Crippen molar-refractivity contribution in [2.24, 2.45) is 5.92 Å². The second-order valence-corrected chi connectivity index (χ2v) is 8.96. The van der Waals surface area contributed by atoms with Crippen LogP contribution in [0.15, 0.2) is 48.5 Å². The summed E-state index contributed by atoms with van der Waals surface area (Å²) in [6, 6.07) is 12.9. The number of nitrogens with one attached hydrogen (secondary N) is 2. The Bertz CT molecular complexity index is 1010. The van der Waals surface area contributed by atoms with Crippen LogP contribution in [0.2, 0.25) is 0 Å². The van der Waals surface area contributed by atoms with Gasteiger partial charge in [0.05, 0.1) is 32.8 Å². The molecule has 0 spiro atoms. The normalized spacial score (nSPS) is 13.4. The van der Waals surface area contributed by atoms with Crippen LogP contribution in [0, 0.1) is 5.92 Å². The highest BCUT2D eigenvalue weighted by atomic mass is 16.5. The molecular formula is C27H36N2O7. The van der Waals surface area contributed by atoms with Gasteiger partial charge < -0.3 is 30.3 Å². The van der Waals surface area contributed by atoms with E-state index in [1.807, 2.05) is 44.2 Å². The van der Waals surface area contributed by atoms with E-state index in [0.29, 0.717) is 23.5 Å². The van der Waals surface area contributed by atoms with Crippen LogP contribution in [-0.4, -0.2) is 60.4 Å². The molecule has 0 aliphatic heterocycles. The number of aliphatic hydroxyl groups is 1. The number of hydrogen-bond acceptors (Lipinski definition) is 6. The van der Waals surface area contributed by atoms with Gasteiger partial charge in [0, 0.05) is 6.42 Å². The lowest BCUT2D eigenvalue weighted by molar-refractivity contribution is -0.137. The molecule has 9 nitrogen and oxygen atoms in total. The minimum atomic E-state index is -1.07. The van der Waals surface area contributed by atoms with Crippen molar-refractivity contribution in [2.75, 3.05) is 14.2 Å². The van der Waals surface area contributed by atoms with Crippen molar-refractivity contribution < 1.29 is 34.1 Å². The Labute approximate surface area is 211 Å². The number of ether oxygens (including phenoxy) is 2. The molecule has 3 atom stereocenters. The standard InChI is InChI=1S/C27H36N2O7/c1-17(2)26(29-24(31)16-19-10-12-22(35-3)23(15-19)36-4)27(34)28-20(21(30)11-13-25(32)33)14-18-8-6-5-7-9-18/h5-10,12,15,17,20-21,26,30H,11,13-14,16H2,1-4H3,(H,28,34)(H,29,31)(H,32,33). The summed E-state index contributed by atoms with van der Waals surface area (Å²) in [7, 11) is 3.04. The predicted molar refractivity (Wildman–Crippen MR) is 135 cm³/mol. The number of carboxylic acids is 1. The summed E-state index contributed by atoms with van der Waals surface area (Å²) in [6.07, 6.45) is -0.951. The van der Waals surface area contributed by atoms with E-state index in [1.54, 1.807) is 18.2 Å². The smallest absolute Gasteiger partial charge is 0.303 e. The number of aliphatic carboxylic acids is 1. The van der Waals surface area contributed by atoms with E-state index < -0.39 is 30.1 Å². The van der Waals surface area contributed by atoms with E-state index in [2.05, 4.69) is 10.6 Å². The van der Waals surface area contributed by atoms with Crippen LogP contribution < -0.4 is 20.1 Å². The Morgan fingerprint density at radius 3 is 2.17 bits per heavy atom. The number of hydrogen-bond donors (Lipinski definition) is 4. The number of carboxylic acid groups (broad SMARTS) is 1. The first-order chi connectivity index (χ1) is 17.1. The van der Waals surface area contributed by atoms with Crippen LogP contribution in [0.4, 0.5) is 0 Å². The average molecular weight is 501 g/mol. The van der Waals surface area contributed by atoms with Gasteiger partial charge in [-0.25, -0.2) is 0 Å². The van der Waals surface area contributed by atoms with Crippen molar-refractivity contribution in [1.82, 2.24) is 10.6 Å². The molecule has 0 heterocycles. The molecule has 2 amide bonds. The second kappa shape index (κ2) is 14.1. The van der Waals surface area contributed by atoms with Gasteiger partial charge in [0.25, 0.3) is 0 Å². The zero-order valence-corrected chi connectivity index (χ0v) is 21.2. The first-order valence-corrected chi connectivity index (χ1v) is 11.9. The molecule has 0 bridgehead atoms. The highest BCUT2D eigenvalue weighted by molar-refractivity contribution is 5.88. The number of carbonyl (C=O) groups excluding carboxylic acids is 2. The summed E-state index contributed by atoms with van der Waals surface area (Å²) >= 11 is 0. The molecule has 2 rings (SSSR count). The summed E-state index contributed by atoms with van der Waals surface area (Å²) in [5.41, 5.74) is 1.58. The summed E-state index contributed by atoms with van der Waals surface area (Å²) < 4.78 is 10.5. The lowest BCUT2D eigenvalue weighted by atomic mass is 9.96. The number of methoxy groups -OCH3 is 2. The van der Waals surface area contributed by atoms with Crippen LogP contribution in [0.3, 0.4) is 0 Å². The van der Waals surface area contributed by atoms with Gasteiger partial charge in [-0.05, 0) is 42.0 Å². The third kappa shape index (κ3) is 8.88. The zero-order valence-electron chi connectivity index (χ0n) is 21.2. The van der Waals surface area contributed by atoms with E-state index in [0.717, 1.165) is 5.56 Å². The Morgan fingerprint density at radius 2 is 1.58 bits per heavy atom. The number of aliphatic hydroxyl groups excluding tert-OH is 1. The minimum Gasteiger partial charge on any atom is -0.493 e. The van der Waals surface area contributed by atoms with Crippen LogP contribution in [0.1, 0.15) is 37.8 Å². The fourth-order valence-corrected chi connectivity index (χ4v) is 3.83. The molecule has 2 aromatic carbocycles. The highest BCUT2D eigenvalue weighted by Crippen LogP contribution is 2.27. The van der Waals surface area contributed by atoms with Gasteiger partial charge in [-0.2, -0.15) is 0 Å². The highest BCUT2D eigenvalue weighted by Gasteiger charge is 2.29. The number of rotatable bonds is 14. The van der Waals surface area contributed by atoms with E-state index in [9.17, 15) is 19.5 Å². The molecule has 0 saturated carbocycles. The third-order valence-electron chi connectivity index (χ3n) is 5.82. The maximum absolute atomic E-state index is 13.2. The molecule has 4 N–H and O–H groups in total. The molecule has 3 unspecified atom stereocenters. The Morgan fingerprint density at radius 1 is 0.917 bits per heavy atom. The van der Waals surface area contributed by atoms with Crippen LogP contribution in [0.5, 0.6) is 11.5 Å². The fraction of sp³-hybridized carbons (Fsp3) is 0.444. The van der Waals surface area contributed by atoms with Gasteiger partial charge >= 0.3 is 5.97 Å². The molecule has 36 heavy (non-hydrogen) atoms. The maximum atomic E-state index is 13.2. The molecule has 196 valence electrons. The molecule has 2 aromatic rings. The van der Waals surface area contributed by atoms with Crippen molar-refractivity contribution in [3.63, 3.8) is 0 Å². The third-order valence-corrected chi connectivity index (χ3v) is 5.82. The van der Waals surface area contributed by atoms with E-state index in [-0.39, 0.29) is 31.1 Å². The Balaban J connectivity index is 2.11. The quantitative estimate of drug-likeness (QED) is 0.313. The minimum absolute atomic E-state index is 0.00881. The van der Waals surface area contributed by atoms with E-state index in [1.165, 1.54) is 14.2 Å². The monoisotopic (exact) mass is 500 g/mol. The second-order valence-electron chi connectivity index (χ2n) is 8.96. The number of amides is 2. The number of benzene rings is 2. The van der Waals surface area contributed by atoms with Crippen molar-refractivity contribution in [2.45, 2.75) is 57.7 Å². The van der Waals surface area contributed by atoms with Gasteiger partial charge in [0.15, 0.2) is 11.5 Å². The molecule has 0 aliphatic rings. The van der Waals surface area contributed by atoms with Gasteiger partial charge in [-0.3, -0.25) is 14.4 Å². The first kappa shape index (κ1) is 28.6. The Hall–Kier alpha value is -3.59. The van der Waals surface area contributed by atoms with Crippen molar-refractivity contribution in [1.29, 1.82) is 0 Å². The molecular weight excluding hydrogens is 464 g/mol. The molecule has 0 fully saturated rings.